The number of aliphatic hydroxyl groups is 1. The van der Waals surface area contributed by atoms with Gasteiger partial charge in [0.25, 0.3) is 0 Å². The highest BCUT2D eigenvalue weighted by molar-refractivity contribution is 5.79. The van der Waals surface area contributed by atoms with E-state index >= 15 is 0 Å². The molecule has 3 nitrogen and oxygen atoms in total. The quantitative estimate of drug-likeness (QED) is 0.813. The van der Waals surface area contributed by atoms with Crippen molar-refractivity contribution in [2.75, 3.05) is 6.54 Å². The zero-order chi connectivity index (χ0) is 14.3. The second kappa shape index (κ2) is 5.32. The molecule has 20 heavy (non-hydrogen) atoms. The Bertz CT molecular complexity index is 347. The maximum atomic E-state index is 12.6. The maximum absolute atomic E-state index is 12.6. The van der Waals surface area contributed by atoms with Crippen molar-refractivity contribution in [2.24, 2.45) is 29.6 Å². The molecule has 0 aromatic heterocycles. The van der Waals surface area contributed by atoms with Crippen LogP contribution < -0.4 is 5.32 Å². The van der Waals surface area contributed by atoms with Crippen molar-refractivity contribution in [1.29, 1.82) is 0 Å². The minimum atomic E-state index is -0.721. The van der Waals surface area contributed by atoms with E-state index in [1.807, 2.05) is 13.8 Å². The van der Waals surface area contributed by atoms with Crippen LogP contribution in [0.25, 0.3) is 0 Å². The fourth-order valence-corrected chi connectivity index (χ4v) is 5.22. The number of nitrogens with one attached hydrogen (secondary N) is 1. The van der Waals surface area contributed by atoms with Crippen LogP contribution in [0, 0.1) is 29.6 Å². The highest BCUT2D eigenvalue weighted by Crippen LogP contribution is 2.56. The van der Waals surface area contributed by atoms with Crippen LogP contribution in [-0.2, 0) is 4.79 Å². The van der Waals surface area contributed by atoms with Crippen LogP contribution in [0.4, 0.5) is 0 Å². The van der Waals surface area contributed by atoms with Gasteiger partial charge in [-0.25, -0.2) is 0 Å². The number of carbonyl (C=O) groups excluding carboxylic acids is 1. The van der Waals surface area contributed by atoms with Crippen LogP contribution in [0.3, 0.4) is 0 Å². The Morgan fingerprint density at radius 3 is 2.00 bits per heavy atom. The zero-order valence-electron chi connectivity index (χ0n) is 12.9. The molecular formula is C17H29NO2. The third-order valence-electron chi connectivity index (χ3n) is 6.44. The molecule has 0 aromatic rings. The predicted octanol–water partition coefficient (Wildman–Crippen LogP) is 2.73. The summed E-state index contributed by atoms with van der Waals surface area (Å²) in [6, 6.07) is 0. The minimum absolute atomic E-state index is 0.221. The van der Waals surface area contributed by atoms with E-state index in [0.29, 0.717) is 31.2 Å². The summed E-state index contributed by atoms with van der Waals surface area (Å²) in [6.07, 6.45) is 7.92. The Morgan fingerprint density at radius 1 is 1.05 bits per heavy atom. The van der Waals surface area contributed by atoms with Crippen LogP contribution >= 0.6 is 0 Å². The molecule has 0 saturated heterocycles. The standard InChI is InChI=1S/C17H29NO2/c1-3-17(20,4-2)10-18-16(19)15-13-6-11-5-12(8-13)9-14(15)7-11/h11-15,20H,3-10H2,1-2H3,(H,18,19). The Morgan fingerprint density at radius 2 is 1.55 bits per heavy atom. The molecule has 114 valence electrons. The minimum Gasteiger partial charge on any atom is -0.388 e. The van der Waals surface area contributed by atoms with Gasteiger partial charge in [0.2, 0.25) is 5.91 Å². The highest BCUT2D eigenvalue weighted by Gasteiger charge is 2.50. The lowest BCUT2D eigenvalue weighted by Gasteiger charge is -2.53. The molecule has 0 spiro atoms. The maximum Gasteiger partial charge on any atom is 0.223 e. The first-order valence-electron chi connectivity index (χ1n) is 8.54. The second-order valence-electron chi connectivity index (χ2n) is 7.61. The lowest BCUT2D eigenvalue weighted by molar-refractivity contribution is -0.139. The summed E-state index contributed by atoms with van der Waals surface area (Å²) < 4.78 is 0. The number of hydrogen-bond donors (Lipinski definition) is 2. The number of rotatable bonds is 5. The fourth-order valence-electron chi connectivity index (χ4n) is 5.22. The van der Waals surface area contributed by atoms with Crippen molar-refractivity contribution in [2.45, 2.75) is 64.4 Å². The molecule has 3 heteroatoms. The van der Waals surface area contributed by atoms with Crippen LogP contribution in [0.1, 0.15) is 58.8 Å². The van der Waals surface area contributed by atoms with E-state index < -0.39 is 5.60 Å². The van der Waals surface area contributed by atoms with E-state index in [9.17, 15) is 9.90 Å². The largest absolute Gasteiger partial charge is 0.388 e. The average Bonchev–Trinajstić information content (AvgIpc) is 2.43. The van der Waals surface area contributed by atoms with Crippen molar-refractivity contribution < 1.29 is 9.90 Å². The van der Waals surface area contributed by atoms with Gasteiger partial charge in [-0.2, -0.15) is 0 Å². The van der Waals surface area contributed by atoms with Crippen molar-refractivity contribution in [3.8, 4) is 0 Å². The van der Waals surface area contributed by atoms with Gasteiger partial charge in [0.15, 0.2) is 0 Å². The topological polar surface area (TPSA) is 49.3 Å². The Hall–Kier alpha value is -0.570. The van der Waals surface area contributed by atoms with Crippen LogP contribution in [0.2, 0.25) is 0 Å². The van der Waals surface area contributed by atoms with Gasteiger partial charge in [-0.1, -0.05) is 13.8 Å². The summed E-state index contributed by atoms with van der Waals surface area (Å²) in [7, 11) is 0. The summed E-state index contributed by atoms with van der Waals surface area (Å²) in [6.45, 7) is 4.39. The summed E-state index contributed by atoms with van der Waals surface area (Å²) in [5.74, 6) is 3.53. The molecule has 0 aliphatic heterocycles. The lowest BCUT2D eigenvalue weighted by atomic mass is 9.51. The molecule has 0 radical (unpaired) electrons. The van der Waals surface area contributed by atoms with Gasteiger partial charge in [0, 0.05) is 12.5 Å². The third-order valence-corrected chi connectivity index (χ3v) is 6.44. The monoisotopic (exact) mass is 279 g/mol. The normalized spacial score (nSPS) is 39.0. The van der Waals surface area contributed by atoms with Crippen LogP contribution in [-0.4, -0.2) is 23.2 Å². The van der Waals surface area contributed by atoms with E-state index in [-0.39, 0.29) is 11.8 Å². The van der Waals surface area contributed by atoms with Gasteiger partial charge in [-0.15, -0.1) is 0 Å². The van der Waals surface area contributed by atoms with Gasteiger partial charge < -0.3 is 10.4 Å². The van der Waals surface area contributed by atoms with Crippen molar-refractivity contribution in [3.05, 3.63) is 0 Å². The number of carbonyl (C=O) groups is 1. The fraction of sp³-hybridized carbons (Fsp3) is 0.941. The molecular weight excluding hydrogens is 250 g/mol. The smallest absolute Gasteiger partial charge is 0.223 e. The van der Waals surface area contributed by atoms with Gasteiger partial charge in [0.1, 0.15) is 0 Å². The zero-order valence-corrected chi connectivity index (χ0v) is 12.9. The molecule has 4 fully saturated rings. The molecule has 0 aromatic carbocycles. The Kier molecular flexibility index (Phi) is 3.83. The third kappa shape index (κ3) is 2.49. The Labute approximate surface area is 122 Å². The second-order valence-corrected chi connectivity index (χ2v) is 7.61. The average molecular weight is 279 g/mol. The molecule has 0 atom stereocenters. The number of hydrogen-bond acceptors (Lipinski definition) is 2. The van der Waals surface area contributed by atoms with E-state index in [1.165, 1.54) is 32.1 Å². The van der Waals surface area contributed by atoms with Crippen molar-refractivity contribution in [1.82, 2.24) is 5.32 Å². The van der Waals surface area contributed by atoms with Gasteiger partial charge >= 0.3 is 0 Å². The molecule has 2 N–H and O–H groups in total. The summed E-state index contributed by atoms with van der Waals surface area (Å²) in [5, 5.41) is 13.4. The first-order valence-corrected chi connectivity index (χ1v) is 8.54. The molecule has 0 heterocycles. The molecule has 4 saturated carbocycles. The lowest BCUT2D eigenvalue weighted by Crippen LogP contribution is -2.53. The molecule has 0 unspecified atom stereocenters. The summed E-state index contributed by atoms with van der Waals surface area (Å²) in [4.78, 5) is 12.6. The van der Waals surface area contributed by atoms with Crippen LogP contribution in [0.5, 0.6) is 0 Å². The van der Waals surface area contributed by atoms with Gasteiger partial charge in [-0.3, -0.25) is 4.79 Å². The SMILES string of the molecule is CCC(O)(CC)CNC(=O)C1C2CC3CC(C2)CC1C3. The summed E-state index contributed by atoms with van der Waals surface area (Å²) in [5.41, 5.74) is -0.721. The number of amides is 1. The molecule has 4 aliphatic carbocycles. The molecule has 4 aliphatic rings. The van der Waals surface area contributed by atoms with Crippen molar-refractivity contribution >= 4 is 5.91 Å². The Balaban J connectivity index is 1.60. The van der Waals surface area contributed by atoms with Gasteiger partial charge in [-0.05, 0) is 68.6 Å². The van der Waals surface area contributed by atoms with Gasteiger partial charge in [0.05, 0.1) is 5.60 Å². The predicted molar refractivity (Wildman–Crippen MR) is 79.1 cm³/mol. The molecule has 4 bridgehead atoms. The van der Waals surface area contributed by atoms with Crippen molar-refractivity contribution in [3.63, 3.8) is 0 Å². The summed E-state index contributed by atoms with van der Waals surface area (Å²) >= 11 is 0. The molecule has 4 rings (SSSR count). The molecule has 1 amide bonds. The highest BCUT2D eigenvalue weighted by atomic mass is 16.3. The van der Waals surface area contributed by atoms with E-state index in [4.69, 9.17) is 0 Å². The van der Waals surface area contributed by atoms with Crippen LogP contribution in [0.15, 0.2) is 0 Å². The first kappa shape index (κ1) is 14.4. The van der Waals surface area contributed by atoms with E-state index in [2.05, 4.69) is 5.32 Å². The van der Waals surface area contributed by atoms with E-state index in [0.717, 1.165) is 11.8 Å². The first-order chi connectivity index (χ1) is 9.54. The van der Waals surface area contributed by atoms with E-state index in [1.54, 1.807) is 0 Å².